The summed E-state index contributed by atoms with van der Waals surface area (Å²) in [5.41, 5.74) is 5.52. The molecule has 12 heteroatoms. The number of aromatic nitrogens is 6. The minimum Gasteiger partial charge on any atom is -0.453 e. The molecule has 4 aromatic heterocycles. The molecule has 4 atom stereocenters. The minimum atomic E-state index is -0.739. The highest BCUT2D eigenvalue weighted by Gasteiger charge is 2.41. The van der Waals surface area contributed by atoms with E-state index in [9.17, 15) is 19.2 Å². The van der Waals surface area contributed by atoms with Gasteiger partial charge in [0.2, 0.25) is 0 Å². The van der Waals surface area contributed by atoms with Gasteiger partial charge in [0.25, 0.3) is 0 Å². The zero-order valence-electron chi connectivity index (χ0n) is 27.5. The number of nitrogens with zero attached hydrogens (tertiary/aromatic N) is 4. The predicted octanol–water partition coefficient (Wildman–Crippen LogP) is 5.43. The van der Waals surface area contributed by atoms with Crippen LogP contribution >= 0.6 is 0 Å². The summed E-state index contributed by atoms with van der Waals surface area (Å²) < 4.78 is 15.8. The van der Waals surface area contributed by atoms with Gasteiger partial charge in [0.05, 0.1) is 46.6 Å². The summed E-state index contributed by atoms with van der Waals surface area (Å²) in [5, 5.41) is 1.59. The quantitative estimate of drug-likeness (QED) is 0.161. The fraction of sp³-hybridized carbons (Fsp3) is 0.263. The first-order valence-electron chi connectivity index (χ1n) is 16.6. The molecule has 0 radical (unpaired) electrons. The topological polar surface area (TPSA) is 154 Å². The molecule has 50 heavy (non-hydrogen) atoms. The van der Waals surface area contributed by atoms with E-state index in [4.69, 9.17) is 9.47 Å². The van der Waals surface area contributed by atoms with Crippen LogP contribution < -0.4 is 0 Å². The highest BCUT2D eigenvalue weighted by atomic mass is 16.5. The average Bonchev–Trinajstić information content (AvgIpc) is 3.93. The Hall–Kier alpha value is -6.04. The van der Waals surface area contributed by atoms with Crippen molar-refractivity contribution in [2.75, 3.05) is 0 Å². The number of aryl methyl sites for hydroxylation is 2. The number of hydrogen-bond donors (Lipinski definition) is 2. The second-order valence-electron chi connectivity index (χ2n) is 13.0. The number of aromatic amines is 2. The van der Waals surface area contributed by atoms with E-state index >= 15 is 0 Å². The number of ketones is 2. The van der Waals surface area contributed by atoms with Crippen molar-refractivity contribution >= 4 is 45.3 Å². The van der Waals surface area contributed by atoms with Gasteiger partial charge in [0, 0.05) is 98.0 Å². The Labute approximate surface area is 286 Å². The van der Waals surface area contributed by atoms with Crippen molar-refractivity contribution in [2.45, 2.75) is 37.9 Å². The van der Waals surface area contributed by atoms with E-state index < -0.39 is 36.0 Å². The molecule has 2 N–H and O–H groups in total. The van der Waals surface area contributed by atoms with E-state index in [1.807, 2.05) is 71.8 Å². The minimum absolute atomic E-state index is 0.0181. The maximum atomic E-state index is 13.8. The van der Waals surface area contributed by atoms with Gasteiger partial charge < -0.3 is 28.6 Å². The monoisotopic (exact) mass is 670 g/mol. The molecule has 0 bridgehead atoms. The van der Waals surface area contributed by atoms with Gasteiger partial charge >= 0.3 is 11.9 Å². The second kappa shape index (κ2) is 12.4. The van der Waals surface area contributed by atoms with Gasteiger partial charge in [-0.05, 0) is 12.1 Å². The van der Waals surface area contributed by atoms with Crippen molar-refractivity contribution in [1.29, 1.82) is 0 Å². The van der Waals surface area contributed by atoms with Crippen LogP contribution in [0.5, 0.6) is 0 Å². The summed E-state index contributed by atoms with van der Waals surface area (Å²) in [6.45, 7) is 0. The number of ether oxygens (including phenoxy) is 2. The number of Topliss-reactive ketones (excluding diaryl/α,β-unsaturated/α-hetero) is 2. The summed E-state index contributed by atoms with van der Waals surface area (Å²) in [4.78, 5) is 68.7. The molecule has 0 amide bonds. The Kier molecular flexibility index (Phi) is 7.78. The number of para-hydroxylation sites is 2. The van der Waals surface area contributed by atoms with Crippen molar-refractivity contribution in [3.05, 3.63) is 120 Å². The Morgan fingerprint density at radius 3 is 1.54 bits per heavy atom. The number of hydrogen-bond acceptors (Lipinski definition) is 8. The average molecular weight is 671 g/mol. The molecule has 0 aliphatic heterocycles. The molecule has 2 aliphatic carbocycles. The smallest absolute Gasteiger partial charge is 0.331 e. The molecule has 4 heterocycles. The first-order chi connectivity index (χ1) is 24.3. The number of esters is 2. The SMILES string of the molecule is Cn1c2c(c3ccccc31)C(=O)C(Cc1c[nH]cn1)CC2OC(=O)/C=C\C(=O)OC1CC(Cc2c[nH]cn2)C(=O)c2c1n(C)c1ccccc21. The number of H-pyrrole nitrogens is 2. The summed E-state index contributed by atoms with van der Waals surface area (Å²) in [7, 11) is 3.71. The predicted molar refractivity (Wildman–Crippen MR) is 182 cm³/mol. The Bertz CT molecular complexity index is 2150. The lowest BCUT2D eigenvalue weighted by molar-refractivity contribution is -0.147. The summed E-state index contributed by atoms with van der Waals surface area (Å²) in [5.74, 6) is -2.43. The summed E-state index contributed by atoms with van der Waals surface area (Å²) >= 11 is 0. The van der Waals surface area contributed by atoms with Crippen LogP contribution in [-0.4, -0.2) is 52.6 Å². The lowest BCUT2D eigenvalue weighted by atomic mass is 9.81. The number of imidazole rings is 2. The number of carbonyl (C=O) groups is 4. The first kappa shape index (κ1) is 31.2. The van der Waals surface area contributed by atoms with Crippen LogP contribution in [0.25, 0.3) is 21.8 Å². The van der Waals surface area contributed by atoms with Gasteiger partial charge in [-0.25, -0.2) is 19.6 Å². The maximum absolute atomic E-state index is 13.8. The van der Waals surface area contributed by atoms with E-state index in [1.165, 1.54) is 0 Å². The standard InChI is InChI=1S/C38H34N6O6/c1-43-27-9-5-3-7-25(27)33-35(43)29(15-21(37(33)47)13-23-17-39-19-41-23)49-31(45)11-12-32(46)50-30-16-22(14-24-18-40-20-42-24)38(48)34-26-8-4-6-10-28(26)44(2)36(30)34/h3-12,17-22,29-30H,13-16H2,1-2H3,(H,39,41)(H,40,42)/b12-11-. The van der Waals surface area contributed by atoms with E-state index in [0.29, 0.717) is 35.4 Å². The highest BCUT2D eigenvalue weighted by molar-refractivity contribution is 6.12. The van der Waals surface area contributed by atoms with E-state index in [0.717, 1.165) is 45.3 Å². The van der Waals surface area contributed by atoms with Crippen LogP contribution in [0.3, 0.4) is 0 Å². The van der Waals surface area contributed by atoms with Gasteiger partial charge in [-0.1, -0.05) is 36.4 Å². The molecule has 2 aromatic carbocycles. The van der Waals surface area contributed by atoms with Crippen LogP contribution in [-0.2, 0) is 46.0 Å². The number of fused-ring (bicyclic) bond motifs is 6. The fourth-order valence-corrected chi connectivity index (χ4v) is 7.83. The molecule has 6 aromatic rings. The molecule has 12 nitrogen and oxygen atoms in total. The van der Waals surface area contributed by atoms with Crippen LogP contribution in [0.4, 0.5) is 0 Å². The van der Waals surface area contributed by atoms with Crippen LogP contribution in [0, 0.1) is 11.8 Å². The second-order valence-corrected chi connectivity index (χ2v) is 13.0. The molecule has 0 saturated carbocycles. The molecule has 0 spiro atoms. The van der Waals surface area contributed by atoms with Crippen LogP contribution in [0.15, 0.2) is 85.7 Å². The molecule has 4 unspecified atom stereocenters. The van der Waals surface area contributed by atoms with Crippen molar-refractivity contribution in [3.63, 3.8) is 0 Å². The molecular formula is C38H34N6O6. The molecule has 0 saturated heterocycles. The molecule has 2 aliphatic rings. The van der Waals surface area contributed by atoms with E-state index in [1.54, 1.807) is 25.0 Å². The molecule has 252 valence electrons. The van der Waals surface area contributed by atoms with Gasteiger partial charge in [0.1, 0.15) is 12.2 Å². The van der Waals surface area contributed by atoms with Gasteiger partial charge in [0.15, 0.2) is 11.6 Å². The first-order valence-corrected chi connectivity index (χ1v) is 16.6. The largest absolute Gasteiger partial charge is 0.453 e. The van der Waals surface area contributed by atoms with Crippen LogP contribution in [0.1, 0.15) is 68.5 Å². The normalized spacial score (nSPS) is 20.4. The molecule has 0 fully saturated rings. The van der Waals surface area contributed by atoms with Gasteiger partial charge in [-0.2, -0.15) is 0 Å². The number of benzene rings is 2. The van der Waals surface area contributed by atoms with Gasteiger partial charge in [-0.15, -0.1) is 0 Å². The van der Waals surface area contributed by atoms with Crippen molar-refractivity contribution in [2.24, 2.45) is 25.9 Å². The summed E-state index contributed by atoms with van der Waals surface area (Å²) in [6, 6.07) is 15.2. The third kappa shape index (κ3) is 5.33. The zero-order chi connectivity index (χ0) is 34.5. The van der Waals surface area contributed by atoms with E-state index in [-0.39, 0.29) is 24.4 Å². The summed E-state index contributed by atoms with van der Waals surface area (Å²) in [6.07, 6.45) is 8.61. The van der Waals surface area contributed by atoms with Crippen molar-refractivity contribution in [1.82, 2.24) is 29.1 Å². The van der Waals surface area contributed by atoms with E-state index in [2.05, 4.69) is 19.9 Å². The number of carbonyl (C=O) groups excluding carboxylic acids is 4. The molecular weight excluding hydrogens is 636 g/mol. The third-order valence-electron chi connectivity index (χ3n) is 10.0. The van der Waals surface area contributed by atoms with Crippen molar-refractivity contribution in [3.8, 4) is 0 Å². The zero-order valence-corrected chi connectivity index (χ0v) is 27.5. The number of rotatable bonds is 8. The lowest BCUT2D eigenvalue weighted by Gasteiger charge is -2.29. The third-order valence-corrected chi connectivity index (χ3v) is 10.0. The highest BCUT2D eigenvalue weighted by Crippen LogP contribution is 2.43. The molecule has 8 rings (SSSR count). The maximum Gasteiger partial charge on any atom is 0.331 e. The lowest BCUT2D eigenvalue weighted by Crippen LogP contribution is -2.30. The van der Waals surface area contributed by atoms with Gasteiger partial charge in [-0.3, -0.25) is 9.59 Å². The fourth-order valence-electron chi connectivity index (χ4n) is 7.83. The Morgan fingerprint density at radius 1 is 0.720 bits per heavy atom. The van der Waals surface area contributed by atoms with Crippen LogP contribution in [0.2, 0.25) is 0 Å². The Balaban J connectivity index is 1.04. The van der Waals surface area contributed by atoms with Crippen molar-refractivity contribution < 1.29 is 28.7 Å². The number of nitrogens with one attached hydrogen (secondary N) is 2. The Morgan fingerprint density at radius 2 is 1.14 bits per heavy atom.